The highest BCUT2D eigenvalue weighted by atomic mass is 16.6. The second-order valence-electron chi connectivity index (χ2n) is 3.47. The molecule has 82 valence electrons. The van der Waals surface area contributed by atoms with E-state index in [9.17, 15) is 4.79 Å². The first-order valence-corrected chi connectivity index (χ1v) is 4.83. The predicted molar refractivity (Wildman–Crippen MR) is 51.8 cm³/mol. The van der Waals surface area contributed by atoms with Gasteiger partial charge in [-0.1, -0.05) is 0 Å². The van der Waals surface area contributed by atoms with Crippen molar-refractivity contribution in [1.29, 1.82) is 0 Å². The number of hydrogen-bond donors (Lipinski definition) is 1. The van der Waals surface area contributed by atoms with Crippen LogP contribution in [-0.2, 0) is 14.3 Å². The van der Waals surface area contributed by atoms with Crippen molar-refractivity contribution in [2.75, 3.05) is 33.4 Å². The summed E-state index contributed by atoms with van der Waals surface area (Å²) in [7, 11) is 1.73. The summed E-state index contributed by atoms with van der Waals surface area (Å²) >= 11 is 0. The highest BCUT2D eigenvalue weighted by molar-refractivity contribution is 5.81. The molecule has 5 heteroatoms. The number of hydrogen-bond acceptors (Lipinski definition) is 4. The molecule has 1 aliphatic heterocycles. The minimum atomic E-state index is -0.456. The van der Waals surface area contributed by atoms with Crippen molar-refractivity contribution in [3.8, 4) is 0 Å². The Hall–Kier alpha value is -0.650. The molecule has 0 bridgehead atoms. The number of carbonyl (C=O) groups excluding carboxylic acids is 1. The molecule has 1 saturated heterocycles. The fourth-order valence-corrected chi connectivity index (χ4v) is 1.23. The topological polar surface area (TPSA) is 64.8 Å². The predicted octanol–water partition coefficient (Wildman–Crippen LogP) is -0.793. The minimum Gasteiger partial charge on any atom is -0.376 e. The zero-order chi connectivity index (χ0) is 10.6. The lowest BCUT2D eigenvalue weighted by Gasteiger charge is -2.30. The third-order valence-corrected chi connectivity index (χ3v) is 2.44. The van der Waals surface area contributed by atoms with Gasteiger partial charge in [-0.25, -0.2) is 0 Å². The van der Waals surface area contributed by atoms with Crippen LogP contribution >= 0.6 is 0 Å². The van der Waals surface area contributed by atoms with E-state index >= 15 is 0 Å². The van der Waals surface area contributed by atoms with Crippen LogP contribution in [-0.4, -0.2) is 56.4 Å². The van der Waals surface area contributed by atoms with Crippen molar-refractivity contribution in [2.45, 2.75) is 19.1 Å². The van der Waals surface area contributed by atoms with E-state index in [1.807, 2.05) is 6.92 Å². The summed E-state index contributed by atoms with van der Waals surface area (Å²) in [6, 6.07) is 0.0352. The van der Waals surface area contributed by atoms with Gasteiger partial charge in [0.1, 0.15) is 0 Å². The maximum Gasteiger partial charge on any atom is 0.254 e. The van der Waals surface area contributed by atoms with Crippen molar-refractivity contribution < 1.29 is 14.3 Å². The molecule has 1 amide bonds. The second-order valence-corrected chi connectivity index (χ2v) is 3.47. The van der Waals surface area contributed by atoms with Crippen LogP contribution in [0.15, 0.2) is 0 Å². The van der Waals surface area contributed by atoms with Gasteiger partial charge in [0.05, 0.1) is 19.8 Å². The van der Waals surface area contributed by atoms with Gasteiger partial charge in [0.2, 0.25) is 0 Å². The van der Waals surface area contributed by atoms with Gasteiger partial charge in [-0.2, -0.15) is 0 Å². The lowest BCUT2D eigenvalue weighted by atomic mass is 10.2. The van der Waals surface area contributed by atoms with E-state index in [4.69, 9.17) is 15.2 Å². The zero-order valence-corrected chi connectivity index (χ0v) is 8.73. The number of ether oxygens (including phenoxy) is 2. The Morgan fingerprint density at radius 2 is 2.36 bits per heavy atom. The molecular weight excluding hydrogens is 184 g/mol. The van der Waals surface area contributed by atoms with E-state index < -0.39 is 6.10 Å². The first-order valence-electron chi connectivity index (χ1n) is 4.83. The molecule has 0 saturated carbocycles. The van der Waals surface area contributed by atoms with Crippen LogP contribution in [0, 0.1) is 0 Å². The Kier molecular flexibility index (Phi) is 4.31. The molecule has 1 heterocycles. The van der Waals surface area contributed by atoms with E-state index in [1.165, 1.54) is 0 Å². The third kappa shape index (κ3) is 2.67. The van der Waals surface area contributed by atoms with Crippen molar-refractivity contribution in [3.63, 3.8) is 0 Å². The monoisotopic (exact) mass is 202 g/mol. The maximum atomic E-state index is 11.8. The molecule has 0 radical (unpaired) electrons. The molecular formula is C9H18N2O3. The summed E-state index contributed by atoms with van der Waals surface area (Å²) in [6.45, 7) is 3.76. The van der Waals surface area contributed by atoms with E-state index in [0.717, 1.165) is 0 Å². The molecule has 0 aromatic carbocycles. The smallest absolute Gasteiger partial charge is 0.254 e. The molecule has 2 atom stereocenters. The normalized spacial score (nSPS) is 24.4. The van der Waals surface area contributed by atoms with Gasteiger partial charge >= 0.3 is 0 Å². The lowest BCUT2D eigenvalue weighted by Crippen LogP contribution is -2.48. The summed E-state index contributed by atoms with van der Waals surface area (Å²) in [5, 5.41) is 0. The number of nitrogens with zero attached hydrogens (tertiary/aromatic N) is 1. The van der Waals surface area contributed by atoms with Gasteiger partial charge in [-0.15, -0.1) is 0 Å². The average molecular weight is 202 g/mol. The summed E-state index contributed by atoms with van der Waals surface area (Å²) in [5.74, 6) is -0.0531. The first kappa shape index (κ1) is 11.4. The fourth-order valence-electron chi connectivity index (χ4n) is 1.23. The minimum absolute atomic E-state index is 0.0352. The van der Waals surface area contributed by atoms with Gasteiger partial charge < -0.3 is 20.1 Å². The number of carbonyl (C=O) groups is 1. The second kappa shape index (κ2) is 5.29. The largest absolute Gasteiger partial charge is 0.376 e. The van der Waals surface area contributed by atoms with Crippen LogP contribution in [0.2, 0.25) is 0 Å². The molecule has 0 spiro atoms. The van der Waals surface area contributed by atoms with Crippen LogP contribution in [0.25, 0.3) is 0 Å². The molecule has 0 aromatic heterocycles. The fraction of sp³-hybridized carbons (Fsp3) is 0.889. The SMILES string of the molecule is CC(CN)N(C)C(=O)C1COCCO1. The first-order chi connectivity index (χ1) is 6.66. The van der Waals surface area contributed by atoms with Crippen LogP contribution in [0.5, 0.6) is 0 Å². The van der Waals surface area contributed by atoms with Crippen molar-refractivity contribution in [2.24, 2.45) is 5.73 Å². The molecule has 14 heavy (non-hydrogen) atoms. The van der Waals surface area contributed by atoms with Crippen molar-refractivity contribution in [3.05, 3.63) is 0 Å². The Morgan fingerprint density at radius 1 is 1.64 bits per heavy atom. The Morgan fingerprint density at radius 3 is 2.86 bits per heavy atom. The van der Waals surface area contributed by atoms with Crippen LogP contribution in [0.3, 0.4) is 0 Å². The number of nitrogens with two attached hydrogens (primary N) is 1. The molecule has 5 nitrogen and oxygen atoms in total. The number of amides is 1. The van der Waals surface area contributed by atoms with Crippen molar-refractivity contribution >= 4 is 5.91 Å². The quantitative estimate of drug-likeness (QED) is 0.651. The van der Waals surface area contributed by atoms with Gasteiger partial charge in [0.25, 0.3) is 5.91 Å². The zero-order valence-electron chi connectivity index (χ0n) is 8.73. The van der Waals surface area contributed by atoms with E-state index in [2.05, 4.69) is 0 Å². The van der Waals surface area contributed by atoms with Crippen LogP contribution in [0.4, 0.5) is 0 Å². The summed E-state index contributed by atoms with van der Waals surface area (Å²) in [4.78, 5) is 13.4. The number of likely N-dealkylation sites (N-methyl/N-ethyl adjacent to an activating group) is 1. The highest BCUT2D eigenvalue weighted by Crippen LogP contribution is 2.06. The van der Waals surface area contributed by atoms with Gasteiger partial charge in [-0.05, 0) is 6.92 Å². The molecule has 0 aromatic rings. The van der Waals surface area contributed by atoms with Gasteiger partial charge in [-0.3, -0.25) is 4.79 Å². The molecule has 2 unspecified atom stereocenters. The molecule has 1 rings (SSSR count). The van der Waals surface area contributed by atoms with E-state index in [0.29, 0.717) is 26.4 Å². The van der Waals surface area contributed by atoms with Gasteiger partial charge in [0, 0.05) is 19.6 Å². The Balaban J connectivity index is 2.46. The lowest BCUT2D eigenvalue weighted by molar-refractivity contribution is -0.158. The molecule has 0 aliphatic carbocycles. The summed E-state index contributed by atoms with van der Waals surface area (Å²) < 4.78 is 10.5. The third-order valence-electron chi connectivity index (χ3n) is 2.44. The average Bonchev–Trinajstić information content (AvgIpc) is 2.27. The van der Waals surface area contributed by atoms with E-state index in [1.54, 1.807) is 11.9 Å². The highest BCUT2D eigenvalue weighted by Gasteiger charge is 2.27. The standard InChI is InChI=1S/C9H18N2O3/c1-7(5-10)11(2)9(12)8-6-13-3-4-14-8/h7-8H,3-6,10H2,1-2H3. The Bertz CT molecular complexity index is 188. The van der Waals surface area contributed by atoms with Crippen LogP contribution in [0.1, 0.15) is 6.92 Å². The molecule has 2 N–H and O–H groups in total. The van der Waals surface area contributed by atoms with E-state index in [-0.39, 0.29) is 11.9 Å². The van der Waals surface area contributed by atoms with Crippen LogP contribution < -0.4 is 5.73 Å². The van der Waals surface area contributed by atoms with Crippen molar-refractivity contribution in [1.82, 2.24) is 4.90 Å². The van der Waals surface area contributed by atoms with Gasteiger partial charge in [0.15, 0.2) is 6.10 Å². The summed E-state index contributed by atoms with van der Waals surface area (Å²) in [5.41, 5.74) is 5.47. The number of rotatable bonds is 3. The molecule has 1 fully saturated rings. The maximum absolute atomic E-state index is 11.8. The molecule has 1 aliphatic rings. The summed E-state index contributed by atoms with van der Waals surface area (Å²) in [6.07, 6.45) is -0.456. The Labute approximate surface area is 84.1 Å².